The highest BCUT2D eigenvalue weighted by Gasteiger charge is 2.26. The van der Waals surface area contributed by atoms with Gasteiger partial charge < -0.3 is 15.1 Å². The van der Waals surface area contributed by atoms with Gasteiger partial charge in [-0.2, -0.15) is 0 Å². The molecule has 0 bridgehead atoms. The topological polar surface area (TPSA) is 35.6 Å². The predicted octanol–water partition coefficient (Wildman–Crippen LogP) is 8.42. The molecule has 4 heteroatoms. The third-order valence-corrected chi connectivity index (χ3v) is 9.96. The summed E-state index contributed by atoms with van der Waals surface area (Å²) in [5.74, 6) is 0.273. The number of carbonyl (C=O) groups excluding carboxylic acids is 1. The van der Waals surface area contributed by atoms with Crippen molar-refractivity contribution in [2.24, 2.45) is 0 Å². The van der Waals surface area contributed by atoms with Crippen LogP contribution < -0.4 is 10.2 Å². The van der Waals surface area contributed by atoms with Crippen LogP contribution in [-0.4, -0.2) is 44.0 Å². The molecule has 218 valence electrons. The lowest BCUT2D eigenvalue weighted by molar-refractivity contribution is 0.102. The summed E-state index contributed by atoms with van der Waals surface area (Å²) in [4.78, 5) is 18.3. The molecule has 0 saturated carbocycles. The molecule has 1 heterocycles. The smallest absolute Gasteiger partial charge is 0.255 e. The number of likely N-dealkylation sites (N-methyl/N-ethyl adjacent to an activating group) is 1. The number of fused-ring (bicyclic) bond motifs is 6. The van der Waals surface area contributed by atoms with E-state index in [9.17, 15) is 4.79 Å². The van der Waals surface area contributed by atoms with Crippen LogP contribution in [0.2, 0.25) is 0 Å². The van der Waals surface area contributed by atoms with E-state index in [2.05, 4.69) is 101 Å². The van der Waals surface area contributed by atoms with E-state index in [0.29, 0.717) is 11.5 Å². The second-order valence-electron chi connectivity index (χ2n) is 12.6. The summed E-state index contributed by atoms with van der Waals surface area (Å²) < 4.78 is 0. The van der Waals surface area contributed by atoms with Gasteiger partial charge in [-0.3, -0.25) is 4.79 Å². The van der Waals surface area contributed by atoms with Crippen molar-refractivity contribution >= 4 is 49.6 Å². The molecule has 0 radical (unpaired) electrons. The largest absolute Gasteiger partial charge is 0.369 e. The van der Waals surface area contributed by atoms with Crippen molar-refractivity contribution in [2.75, 3.05) is 43.4 Å². The fourth-order valence-corrected chi connectivity index (χ4v) is 7.48. The van der Waals surface area contributed by atoms with Gasteiger partial charge >= 0.3 is 0 Å². The normalized spacial score (nSPS) is 17.2. The van der Waals surface area contributed by atoms with Crippen molar-refractivity contribution in [1.29, 1.82) is 0 Å². The second kappa shape index (κ2) is 11.1. The van der Waals surface area contributed by atoms with Crippen LogP contribution in [0.25, 0.3) is 32.3 Å². The maximum absolute atomic E-state index is 13.4. The van der Waals surface area contributed by atoms with Gasteiger partial charge in [-0.05, 0) is 100 Å². The van der Waals surface area contributed by atoms with Crippen molar-refractivity contribution in [3.05, 3.63) is 131 Å². The van der Waals surface area contributed by atoms with Gasteiger partial charge in [-0.25, -0.2) is 0 Å². The van der Waals surface area contributed by atoms with E-state index in [0.717, 1.165) is 61.9 Å². The Balaban J connectivity index is 1.13. The minimum atomic E-state index is -0.0620. The third kappa shape index (κ3) is 4.80. The average molecular weight is 576 g/mol. The highest BCUT2D eigenvalue weighted by Crippen LogP contribution is 2.42. The molecule has 0 aromatic heterocycles. The molecule has 1 aliphatic heterocycles. The van der Waals surface area contributed by atoms with E-state index in [4.69, 9.17) is 0 Å². The highest BCUT2D eigenvalue weighted by molar-refractivity contribution is 6.11. The first-order valence-electron chi connectivity index (χ1n) is 15.9. The van der Waals surface area contributed by atoms with Crippen molar-refractivity contribution in [1.82, 2.24) is 4.90 Å². The third-order valence-electron chi connectivity index (χ3n) is 9.96. The van der Waals surface area contributed by atoms with Crippen molar-refractivity contribution in [3.63, 3.8) is 0 Å². The molecule has 4 nitrogen and oxygen atoms in total. The maximum atomic E-state index is 13.4. The van der Waals surface area contributed by atoms with Gasteiger partial charge in [0.15, 0.2) is 0 Å². The van der Waals surface area contributed by atoms with Crippen molar-refractivity contribution < 1.29 is 4.79 Å². The van der Waals surface area contributed by atoms with Gasteiger partial charge in [0.25, 0.3) is 5.91 Å². The molecular formula is C40H37N3O. The van der Waals surface area contributed by atoms with E-state index in [-0.39, 0.29) is 5.91 Å². The lowest BCUT2D eigenvalue weighted by Gasteiger charge is -2.34. The fraction of sp³-hybridized carbons (Fsp3) is 0.225. The van der Waals surface area contributed by atoms with Crippen molar-refractivity contribution in [2.45, 2.75) is 25.2 Å². The Labute approximate surface area is 258 Å². The summed E-state index contributed by atoms with van der Waals surface area (Å²) >= 11 is 0. The number of hydrogen-bond acceptors (Lipinski definition) is 3. The number of nitrogens with one attached hydrogen (secondary N) is 1. The molecule has 1 atom stereocenters. The Kier molecular flexibility index (Phi) is 6.80. The number of piperazine rings is 1. The fourth-order valence-electron chi connectivity index (χ4n) is 7.48. The Morgan fingerprint density at radius 2 is 1.45 bits per heavy atom. The van der Waals surface area contributed by atoms with Crippen LogP contribution in [0.15, 0.2) is 109 Å². The van der Waals surface area contributed by atoms with Gasteiger partial charge in [-0.15, -0.1) is 0 Å². The number of anilines is 2. The first kappa shape index (κ1) is 26.9. The molecule has 2 aliphatic rings. The number of nitrogens with zero attached hydrogens (tertiary/aromatic N) is 2. The Morgan fingerprint density at radius 1 is 0.705 bits per heavy atom. The summed E-state index contributed by atoms with van der Waals surface area (Å²) in [6, 6.07) is 38.7. The van der Waals surface area contributed by atoms with Gasteiger partial charge in [0.1, 0.15) is 0 Å². The monoisotopic (exact) mass is 575 g/mol. The zero-order chi connectivity index (χ0) is 29.6. The molecule has 44 heavy (non-hydrogen) atoms. The Bertz CT molecular complexity index is 2020. The molecule has 0 spiro atoms. The number of rotatable bonds is 4. The number of amides is 1. The zero-order valence-corrected chi connectivity index (χ0v) is 25.2. The zero-order valence-electron chi connectivity index (χ0n) is 25.2. The van der Waals surface area contributed by atoms with E-state index >= 15 is 0 Å². The van der Waals surface area contributed by atoms with E-state index in [1.165, 1.54) is 43.9 Å². The van der Waals surface area contributed by atoms with Gasteiger partial charge in [0.05, 0.1) is 5.69 Å². The molecule has 8 rings (SSSR count). The lowest BCUT2D eigenvalue weighted by atomic mass is 9.77. The molecule has 1 saturated heterocycles. The first-order valence-corrected chi connectivity index (χ1v) is 15.9. The lowest BCUT2D eigenvalue weighted by Crippen LogP contribution is -2.44. The maximum Gasteiger partial charge on any atom is 0.255 e. The van der Waals surface area contributed by atoms with Gasteiger partial charge in [-0.1, -0.05) is 84.9 Å². The quantitative estimate of drug-likeness (QED) is 0.214. The van der Waals surface area contributed by atoms with E-state index in [1.54, 1.807) is 0 Å². The molecule has 1 unspecified atom stereocenters. The number of aryl methyl sites for hydroxylation is 1. The summed E-state index contributed by atoms with van der Waals surface area (Å²) in [7, 11) is 2.21. The molecule has 6 aromatic rings. The number of carbonyl (C=O) groups is 1. The van der Waals surface area contributed by atoms with Crippen LogP contribution in [0.1, 0.15) is 39.4 Å². The van der Waals surface area contributed by atoms with E-state index < -0.39 is 0 Å². The first-order chi connectivity index (χ1) is 21.6. The molecule has 1 amide bonds. The van der Waals surface area contributed by atoms with Gasteiger partial charge in [0.2, 0.25) is 0 Å². The molecular weight excluding hydrogens is 538 g/mol. The number of benzene rings is 6. The van der Waals surface area contributed by atoms with Crippen LogP contribution in [0.5, 0.6) is 0 Å². The minimum Gasteiger partial charge on any atom is -0.369 e. The molecule has 1 fully saturated rings. The summed E-state index contributed by atoms with van der Waals surface area (Å²) in [6.07, 6.45) is 3.05. The van der Waals surface area contributed by atoms with Crippen LogP contribution in [0.4, 0.5) is 11.4 Å². The van der Waals surface area contributed by atoms with E-state index in [1.807, 2.05) is 30.3 Å². The van der Waals surface area contributed by atoms with Crippen LogP contribution >= 0.6 is 0 Å². The SMILES string of the molecule is CN1CCN(c2ccc3c(ccc4c5c(ccc43)CC(c3ccc4ccccc4c3NC(=O)c3ccccc3)CC5)c2)CC1. The highest BCUT2D eigenvalue weighted by atomic mass is 16.1. The second-order valence-corrected chi connectivity index (χ2v) is 12.6. The summed E-state index contributed by atoms with van der Waals surface area (Å²) in [5.41, 5.74) is 7.10. The Hall–Kier alpha value is -4.67. The summed E-state index contributed by atoms with van der Waals surface area (Å²) in [5, 5.41) is 11.0. The molecule has 6 aromatic carbocycles. The molecule has 1 aliphatic carbocycles. The predicted molar refractivity (Wildman–Crippen MR) is 184 cm³/mol. The Morgan fingerprint density at radius 3 is 2.32 bits per heavy atom. The van der Waals surface area contributed by atoms with Crippen molar-refractivity contribution in [3.8, 4) is 0 Å². The molecule has 1 N–H and O–H groups in total. The van der Waals surface area contributed by atoms with Crippen LogP contribution in [0.3, 0.4) is 0 Å². The number of hydrogen-bond donors (Lipinski definition) is 1. The van der Waals surface area contributed by atoms with Gasteiger partial charge in [0, 0.05) is 42.8 Å². The average Bonchev–Trinajstić information content (AvgIpc) is 3.08. The van der Waals surface area contributed by atoms with Crippen LogP contribution in [0, 0.1) is 0 Å². The minimum absolute atomic E-state index is 0.0620. The summed E-state index contributed by atoms with van der Waals surface area (Å²) in [6.45, 7) is 4.39. The van der Waals surface area contributed by atoms with Crippen LogP contribution in [-0.2, 0) is 12.8 Å². The standard InChI is InChI=1S/C40H37N3O/c1-42-21-23-43(24-22-42)32-15-20-34-31(26-32)14-19-37-33-16-12-30(25-29(33)13-18-38(34)37)36-17-11-27-7-5-6-10-35(27)39(36)41-40(44)28-8-3-2-4-9-28/h2-11,13-15,17-20,26,30H,12,16,21-25H2,1H3,(H,41,44).